The standard InChI is InChI=1S/C9H14O7.Na/c1-2-3-5(7(12)13)9(16,8(14)15)4-6(10)11;/h5,16H,2-4H2,1H3,(H,10,11)(H,12,13)(H,14,15);/q;+1. The van der Waals surface area contributed by atoms with Crippen LogP contribution in [0.25, 0.3) is 0 Å². The molecule has 0 aliphatic rings. The molecule has 0 heterocycles. The van der Waals surface area contributed by atoms with Crippen molar-refractivity contribution in [3.05, 3.63) is 0 Å². The van der Waals surface area contributed by atoms with Crippen LogP contribution in [0.1, 0.15) is 26.2 Å². The van der Waals surface area contributed by atoms with E-state index in [1.165, 1.54) is 0 Å². The first-order valence-corrected chi connectivity index (χ1v) is 4.66. The van der Waals surface area contributed by atoms with Crippen LogP contribution in [0.2, 0.25) is 0 Å². The molecule has 92 valence electrons. The summed E-state index contributed by atoms with van der Waals surface area (Å²) < 4.78 is 0. The minimum absolute atomic E-state index is 0. The molecule has 0 rings (SSSR count). The monoisotopic (exact) mass is 257 g/mol. The van der Waals surface area contributed by atoms with Crippen molar-refractivity contribution in [2.75, 3.05) is 0 Å². The van der Waals surface area contributed by atoms with Gasteiger partial charge in [-0.15, -0.1) is 0 Å². The van der Waals surface area contributed by atoms with Crippen LogP contribution < -0.4 is 29.6 Å². The van der Waals surface area contributed by atoms with Crippen LogP contribution in [0, 0.1) is 5.92 Å². The van der Waals surface area contributed by atoms with Gasteiger partial charge in [0.2, 0.25) is 0 Å². The summed E-state index contributed by atoms with van der Waals surface area (Å²) in [6.07, 6.45) is -0.920. The molecule has 0 aliphatic carbocycles. The fourth-order valence-corrected chi connectivity index (χ4v) is 1.43. The quantitative estimate of drug-likeness (QED) is 0.353. The van der Waals surface area contributed by atoms with E-state index < -0.39 is 35.8 Å². The molecule has 0 aliphatic heterocycles. The van der Waals surface area contributed by atoms with E-state index in [1.54, 1.807) is 6.92 Å². The molecule has 0 spiro atoms. The Kier molecular flexibility index (Phi) is 8.43. The average molecular weight is 257 g/mol. The molecule has 0 radical (unpaired) electrons. The predicted molar refractivity (Wildman–Crippen MR) is 50.9 cm³/mol. The first-order valence-electron chi connectivity index (χ1n) is 4.66. The molecule has 2 unspecified atom stereocenters. The van der Waals surface area contributed by atoms with Crippen LogP contribution in [0.5, 0.6) is 0 Å². The van der Waals surface area contributed by atoms with Gasteiger partial charge in [0.25, 0.3) is 0 Å². The number of carboxylic acids is 3. The van der Waals surface area contributed by atoms with Gasteiger partial charge in [0.15, 0.2) is 5.60 Å². The van der Waals surface area contributed by atoms with E-state index >= 15 is 0 Å². The molecule has 0 bridgehead atoms. The van der Waals surface area contributed by atoms with Crippen molar-refractivity contribution in [1.82, 2.24) is 0 Å². The fourth-order valence-electron chi connectivity index (χ4n) is 1.43. The zero-order valence-electron chi connectivity index (χ0n) is 9.71. The van der Waals surface area contributed by atoms with Crippen LogP contribution in [0.4, 0.5) is 0 Å². The molecule has 7 nitrogen and oxygen atoms in total. The molecule has 0 fully saturated rings. The summed E-state index contributed by atoms with van der Waals surface area (Å²) in [5.41, 5.74) is -2.77. The van der Waals surface area contributed by atoms with E-state index in [4.69, 9.17) is 15.3 Å². The van der Waals surface area contributed by atoms with Crippen LogP contribution >= 0.6 is 0 Å². The third-order valence-electron chi connectivity index (χ3n) is 2.24. The minimum atomic E-state index is -2.77. The van der Waals surface area contributed by atoms with Crippen molar-refractivity contribution in [3.8, 4) is 0 Å². The average Bonchev–Trinajstić information content (AvgIpc) is 2.11. The van der Waals surface area contributed by atoms with Crippen LogP contribution in [0.3, 0.4) is 0 Å². The van der Waals surface area contributed by atoms with Gasteiger partial charge in [0.1, 0.15) is 0 Å². The van der Waals surface area contributed by atoms with Gasteiger partial charge in [-0.05, 0) is 6.42 Å². The maximum absolute atomic E-state index is 10.8. The van der Waals surface area contributed by atoms with E-state index in [0.29, 0.717) is 6.42 Å². The Bertz CT molecular complexity index is 304. The summed E-state index contributed by atoms with van der Waals surface area (Å²) in [6, 6.07) is 0. The molecule has 0 aromatic rings. The number of hydrogen-bond donors (Lipinski definition) is 4. The van der Waals surface area contributed by atoms with Gasteiger partial charge < -0.3 is 20.4 Å². The van der Waals surface area contributed by atoms with Gasteiger partial charge in [-0.2, -0.15) is 0 Å². The van der Waals surface area contributed by atoms with Crippen molar-refractivity contribution >= 4 is 17.9 Å². The van der Waals surface area contributed by atoms with Gasteiger partial charge in [-0.1, -0.05) is 13.3 Å². The van der Waals surface area contributed by atoms with Crippen molar-refractivity contribution in [2.45, 2.75) is 31.8 Å². The molecule has 0 saturated carbocycles. The number of hydrogen-bond acceptors (Lipinski definition) is 4. The topological polar surface area (TPSA) is 132 Å². The summed E-state index contributed by atoms with van der Waals surface area (Å²) in [7, 11) is 0. The maximum atomic E-state index is 10.8. The van der Waals surface area contributed by atoms with Gasteiger partial charge in [0.05, 0.1) is 12.3 Å². The SMILES string of the molecule is CCCC(C(=O)O)C(O)(CC(=O)O)C(=O)O.[Na+]. The van der Waals surface area contributed by atoms with E-state index in [1.807, 2.05) is 0 Å². The summed E-state index contributed by atoms with van der Waals surface area (Å²) >= 11 is 0. The third kappa shape index (κ3) is 5.03. The second-order valence-corrected chi connectivity index (χ2v) is 3.48. The molecule has 17 heavy (non-hydrogen) atoms. The summed E-state index contributed by atoms with van der Waals surface area (Å²) in [5.74, 6) is -6.55. The van der Waals surface area contributed by atoms with Crippen LogP contribution in [-0.2, 0) is 14.4 Å². The molecular weight excluding hydrogens is 243 g/mol. The first-order chi connectivity index (χ1) is 7.25. The molecule has 4 N–H and O–H groups in total. The van der Waals surface area contributed by atoms with Crippen molar-refractivity contribution in [1.29, 1.82) is 0 Å². The molecule has 0 aromatic carbocycles. The van der Waals surface area contributed by atoms with Gasteiger partial charge in [0, 0.05) is 0 Å². The zero-order chi connectivity index (χ0) is 12.9. The van der Waals surface area contributed by atoms with Crippen molar-refractivity contribution in [2.24, 2.45) is 5.92 Å². The molecule has 8 heteroatoms. The number of aliphatic carboxylic acids is 3. The number of rotatable bonds is 7. The third-order valence-corrected chi connectivity index (χ3v) is 2.24. The van der Waals surface area contributed by atoms with Gasteiger partial charge in [-0.25, -0.2) is 4.79 Å². The second-order valence-electron chi connectivity index (χ2n) is 3.48. The Morgan fingerprint density at radius 1 is 1.18 bits per heavy atom. The summed E-state index contributed by atoms with van der Waals surface area (Å²) in [5, 5.41) is 35.7. The van der Waals surface area contributed by atoms with Crippen LogP contribution in [0.15, 0.2) is 0 Å². The van der Waals surface area contributed by atoms with Gasteiger partial charge >= 0.3 is 47.5 Å². The van der Waals surface area contributed by atoms with E-state index in [2.05, 4.69) is 0 Å². The summed E-state index contributed by atoms with van der Waals surface area (Å²) in [6.45, 7) is 1.61. The zero-order valence-corrected chi connectivity index (χ0v) is 11.7. The molecule has 0 saturated heterocycles. The number of carboxylic acid groups (broad SMARTS) is 3. The first kappa shape index (κ1) is 18.7. The predicted octanol–water partition coefficient (Wildman–Crippen LogP) is -3.22. The molecular formula is C9H14NaO7+. The molecule has 2 atom stereocenters. The number of aliphatic hydroxyl groups is 1. The Labute approximate surface area is 120 Å². The van der Waals surface area contributed by atoms with Crippen molar-refractivity contribution in [3.63, 3.8) is 0 Å². The second kappa shape index (κ2) is 7.65. The van der Waals surface area contributed by atoms with E-state index in [0.717, 1.165) is 0 Å². The smallest absolute Gasteiger partial charge is 0.481 e. The summed E-state index contributed by atoms with van der Waals surface area (Å²) in [4.78, 5) is 32.0. The Balaban J connectivity index is 0. The largest absolute Gasteiger partial charge is 1.00 e. The van der Waals surface area contributed by atoms with Gasteiger partial charge in [-0.3, -0.25) is 9.59 Å². The van der Waals surface area contributed by atoms with Crippen molar-refractivity contribution < 1.29 is 64.4 Å². The Morgan fingerprint density at radius 2 is 1.65 bits per heavy atom. The molecule has 0 aromatic heterocycles. The normalized spacial score (nSPS) is 15.2. The molecule has 0 amide bonds. The van der Waals surface area contributed by atoms with Crippen LogP contribution in [-0.4, -0.2) is 43.9 Å². The maximum Gasteiger partial charge on any atom is 1.00 e. The minimum Gasteiger partial charge on any atom is -0.481 e. The Hall–Kier alpha value is -0.630. The van der Waals surface area contributed by atoms with E-state index in [-0.39, 0.29) is 36.0 Å². The fraction of sp³-hybridized carbons (Fsp3) is 0.667. The van der Waals surface area contributed by atoms with E-state index in [9.17, 15) is 19.5 Å². The Morgan fingerprint density at radius 3 is 1.88 bits per heavy atom. The number of carbonyl (C=O) groups is 3.